The second-order valence-electron chi connectivity index (χ2n) is 6.96. The Morgan fingerprint density at radius 3 is 2.60 bits per heavy atom. The van der Waals surface area contributed by atoms with Crippen LogP contribution in [0.15, 0.2) is 0 Å². The third-order valence-corrected chi connectivity index (χ3v) is 5.46. The molecule has 2 aliphatic rings. The zero-order valence-electron chi connectivity index (χ0n) is 13.9. The van der Waals surface area contributed by atoms with Crippen LogP contribution in [-0.4, -0.2) is 61.2 Å². The molecule has 20 heavy (non-hydrogen) atoms. The number of rotatable bonds is 7. The van der Waals surface area contributed by atoms with E-state index < -0.39 is 0 Å². The molecule has 0 aromatic rings. The summed E-state index contributed by atoms with van der Waals surface area (Å²) in [5.74, 6) is 0. The molecule has 0 amide bonds. The van der Waals surface area contributed by atoms with Crippen LogP contribution in [0, 0.1) is 0 Å². The highest BCUT2D eigenvalue weighted by molar-refractivity contribution is 4.83. The van der Waals surface area contributed by atoms with Gasteiger partial charge in [-0.1, -0.05) is 26.2 Å². The molecule has 1 aliphatic heterocycles. The molecule has 1 N–H and O–H groups in total. The molecule has 0 spiro atoms. The second kappa shape index (κ2) is 8.35. The summed E-state index contributed by atoms with van der Waals surface area (Å²) in [4.78, 5) is 5.21. The summed E-state index contributed by atoms with van der Waals surface area (Å²) in [5.41, 5.74) is 0. The van der Waals surface area contributed by atoms with Gasteiger partial charge in [-0.05, 0) is 52.7 Å². The molecule has 3 nitrogen and oxygen atoms in total. The Morgan fingerprint density at radius 1 is 1.15 bits per heavy atom. The van der Waals surface area contributed by atoms with Crippen molar-refractivity contribution < 1.29 is 0 Å². The van der Waals surface area contributed by atoms with Gasteiger partial charge in [-0.25, -0.2) is 0 Å². The molecule has 2 unspecified atom stereocenters. The van der Waals surface area contributed by atoms with Crippen LogP contribution in [0.4, 0.5) is 0 Å². The van der Waals surface area contributed by atoms with Gasteiger partial charge < -0.3 is 10.2 Å². The van der Waals surface area contributed by atoms with E-state index in [1.54, 1.807) is 0 Å². The van der Waals surface area contributed by atoms with Crippen molar-refractivity contribution in [2.75, 3.05) is 33.2 Å². The van der Waals surface area contributed by atoms with E-state index in [1.807, 2.05) is 0 Å². The summed E-state index contributed by atoms with van der Waals surface area (Å²) >= 11 is 0. The minimum Gasteiger partial charge on any atom is -0.312 e. The average Bonchev–Trinajstić information content (AvgIpc) is 2.93. The van der Waals surface area contributed by atoms with Gasteiger partial charge in [0.2, 0.25) is 0 Å². The van der Waals surface area contributed by atoms with Gasteiger partial charge in [0, 0.05) is 31.2 Å². The Bertz CT molecular complexity index is 263. The number of likely N-dealkylation sites (tertiary alicyclic amines) is 1. The zero-order valence-corrected chi connectivity index (χ0v) is 13.9. The van der Waals surface area contributed by atoms with Gasteiger partial charge in [-0.2, -0.15) is 0 Å². The van der Waals surface area contributed by atoms with Gasteiger partial charge in [0.15, 0.2) is 0 Å². The summed E-state index contributed by atoms with van der Waals surface area (Å²) in [6, 6.07) is 2.23. The Balaban J connectivity index is 1.67. The van der Waals surface area contributed by atoms with Crippen LogP contribution in [0.5, 0.6) is 0 Å². The molecule has 0 radical (unpaired) electrons. The molecule has 2 rings (SSSR count). The largest absolute Gasteiger partial charge is 0.312 e. The molecule has 1 saturated carbocycles. The number of nitrogens with zero attached hydrogens (tertiary/aromatic N) is 2. The maximum Gasteiger partial charge on any atom is 0.0223 e. The Labute approximate surface area is 126 Å². The normalized spacial score (nSPS) is 27.3. The summed E-state index contributed by atoms with van der Waals surface area (Å²) in [6.07, 6.45) is 9.86. The van der Waals surface area contributed by atoms with Crippen LogP contribution in [0.1, 0.15) is 58.8 Å². The van der Waals surface area contributed by atoms with Crippen molar-refractivity contribution in [1.29, 1.82) is 0 Å². The third kappa shape index (κ3) is 4.71. The maximum atomic E-state index is 3.80. The average molecular weight is 281 g/mol. The fourth-order valence-electron chi connectivity index (χ4n) is 3.83. The van der Waals surface area contributed by atoms with Crippen molar-refractivity contribution in [1.82, 2.24) is 15.1 Å². The standard InChI is InChI=1S/C17H35N3/c1-4-20-12-8-11-17(20)14-19(3)15(2)13-18-16-9-6-5-7-10-16/h15-18H,4-14H2,1-3H3. The number of hydrogen-bond donors (Lipinski definition) is 1. The molecule has 1 heterocycles. The fourth-order valence-corrected chi connectivity index (χ4v) is 3.83. The molecule has 2 fully saturated rings. The van der Waals surface area contributed by atoms with Crippen molar-refractivity contribution >= 4 is 0 Å². The van der Waals surface area contributed by atoms with Crippen molar-refractivity contribution in [3.8, 4) is 0 Å². The quantitative estimate of drug-likeness (QED) is 0.774. The van der Waals surface area contributed by atoms with Gasteiger partial charge in [0.25, 0.3) is 0 Å². The first-order valence-corrected chi connectivity index (χ1v) is 8.88. The highest BCUT2D eigenvalue weighted by Gasteiger charge is 2.25. The first kappa shape index (κ1) is 16.3. The van der Waals surface area contributed by atoms with Crippen LogP contribution in [0.3, 0.4) is 0 Å². The molecule has 3 heteroatoms. The van der Waals surface area contributed by atoms with Gasteiger partial charge in [-0.15, -0.1) is 0 Å². The SMILES string of the molecule is CCN1CCCC1CN(C)C(C)CNC1CCCCC1. The lowest BCUT2D eigenvalue weighted by Gasteiger charge is -2.33. The van der Waals surface area contributed by atoms with Gasteiger partial charge in [0.1, 0.15) is 0 Å². The predicted octanol–water partition coefficient (Wildman–Crippen LogP) is 2.71. The van der Waals surface area contributed by atoms with Crippen molar-refractivity contribution in [3.63, 3.8) is 0 Å². The van der Waals surface area contributed by atoms with E-state index >= 15 is 0 Å². The Kier molecular flexibility index (Phi) is 6.79. The molecule has 0 aromatic carbocycles. The smallest absolute Gasteiger partial charge is 0.0223 e. The van der Waals surface area contributed by atoms with Crippen LogP contribution < -0.4 is 5.32 Å². The van der Waals surface area contributed by atoms with E-state index in [9.17, 15) is 0 Å². The molecule has 2 atom stereocenters. The van der Waals surface area contributed by atoms with Crippen molar-refractivity contribution in [3.05, 3.63) is 0 Å². The Hall–Kier alpha value is -0.120. The van der Waals surface area contributed by atoms with Crippen molar-refractivity contribution in [2.45, 2.75) is 76.9 Å². The summed E-state index contributed by atoms with van der Waals surface area (Å²) in [5, 5.41) is 3.80. The molecule has 1 aliphatic carbocycles. The van der Waals surface area contributed by atoms with Crippen LogP contribution >= 0.6 is 0 Å². The third-order valence-electron chi connectivity index (χ3n) is 5.46. The number of likely N-dealkylation sites (N-methyl/N-ethyl adjacent to an activating group) is 2. The van der Waals surface area contributed by atoms with Crippen LogP contribution in [0.2, 0.25) is 0 Å². The highest BCUT2D eigenvalue weighted by Crippen LogP contribution is 2.19. The summed E-state index contributed by atoms with van der Waals surface area (Å²) in [6.45, 7) is 9.59. The molecule has 0 aromatic heterocycles. The summed E-state index contributed by atoms with van der Waals surface area (Å²) < 4.78 is 0. The maximum absolute atomic E-state index is 3.80. The predicted molar refractivity (Wildman–Crippen MR) is 87.2 cm³/mol. The topological polar surface area (TPSA) is 18.5 Å². The summed E-state index contributed by atoms with van der Waals surface area (Å²) in [7, 11) is 2.30. The lowest BCUT2D eigenvalue weighted by atomic mass is 9.95. The van der Waals surface area contributed by atoms with E-state index in [0.717, 1.165) is 18.6 Å². The lowest BCUT2D eigenvalue weighted by Crippen LogP contribution is -2.47. The van der Waals surface area contributed by atoms with Crippen LogP contribution in [-0.2, 0) is 0 Å². The molecule has 1 saturated heterocycles. The van der Waals surface area contributed by atoms with E-state index in [4.69, 9.17) is 0 Å². The number of nitrogens with one attached hydrogen (secondary N) is 1. The van der Waals surface area contributed by atoms with Crippen molar-refractivity contribution in [2.24, 2.45) is 0 Å². The van der Waals surface area contributed by atoms with E-state index in [-0.39, 0.29) is 0 Å². The van der Waals surface area contributed by atoms with E-state index in [1.165, 1.54) is 64.6 Å². The Morgan fingerprint density at radius 2 is 1.90 bits per heavy atom. The van der Waals surface area contributed by atoms with E-state index in [0.29, 0.717) is 6.04 Å². The minimum atomic E-state index is 0.649. The number of hydrogen-bond acceptors (Lipinski definition) is 3. The van der Waals surface area contributed by atoms with Crippen LogP contribution in [0.25, 0.3) is 0 Å². The minimum absolute atomic E-state index is 0.649. The molecule has 118 valence electrons. The van der Waals surface area contributed by atoms with Gasteiger partial charge >= 0.3 is 0 Å². The molecular formula is C17H35N3. The lowest BCUT2D eigenvalue weighted by molar-refractivity contribution is 0.164. The zero-order chi connectivity index (χ0) is 14.4. The first-order valence-electron chi connectivity index (χ1n) is 8.88. The van der Waals surface area contributed by atoms with E-state index in [2.05, 4.69) is 36.0 Å². The first-order chi connectivity index (χ1) is 9.70. The molecular weight excluding hydrogens is 246 g/mol. The van der Waals surface area contributed by atoms with Gasteiger partial charge in [-0.3, -0.25) is 4.90 Å². The fraction of sp³-hybridized carbons (Fsp3) is 1.00. The van der Waals surface area contributed by atoms with Gasteiger partial charge in [0.05, 0.1) is 0 Å². The second-order valence-corrected chi connectivity index (χ2v) is 6.96. The monoisotopic (exact) mass is 281 g/mol. The molecule has 0 bridgehead atoms. The highest BCUT2D eigenvalue weighted by atomic mass is 15.2.